The minimum absolute atomic E-state index is 0.110. The molecular weight excluding hydrogens is 200 g/mol. The van der Waals surface area contributed by atoms with Crippen LogP contribution in [0.1, 0.15) is 24.0 Å². The Morgan fingerprint density at radius 3 is 2.62 bits per heavy atom. The van der Waals surface area contributed by atoms with Crippen LogP contribution in [0.15, 0.2) is 24.3 Å². The smallest absolute Gasteiger partial charge is 0.220 e. The molecule has 1 amide bonds. The van der Waals surface area contributed by atoms with Crippen molar-refractivity contribution in [3.05, 3.63) is 35.4 Å². The number of hydrogen-bond donors (Lipinski definition) is 2. The van der Waals surface area contributed by atoms with Crippen LogP contribution in [-0.2, 0) is 11.2 Å². The first-order valence-electron chi connectivity index (χ1n) is 5.75. The summed E-state index contributed by atoms with van der Waals surface area (Å²) in [7, 11) is 0. The Balaban J connectivity index is 1.74. The minimum atomic E-state index is 0.110. The fraction of sp³-hybridized carbons (Fsp3) is 0.462. The number of carbonyl (C=O) groups is 1. The first-order chi connectivity index (χ1) is 7.65. The summed E-state index contributed by atoms with van der Waals surface area (Å²) in [6, 6.07) is 8.71. The van der Waals surface area contributed by atoms with E-state index in [9.17, 15) is 4.79 Å². The van der Waals surface area contributed by atoms with Gasteiger partial charge in [-0.1, -0.05) is 29.8 Å². The molecular formula is C13H18N2O. The molecule has 16 heavy (non-hydrogen) atoms. The summed E-state index contributed by atoms with van der Waals surface area (Å²) in [6.45, 7) is 2.06. The van der Waals surface area contributed by atoms with Crippen LogP contribution in [-0.4, -0.2) is 18.0 Å². The van der Waals surface area contributed by atoms with Crippen molar-refractivity contribution in [1.29, 1.82) is 0 Å². The van der Waals surface area contributed by atoms with Gasteiger partial charge in [0.1, 0.15) is 0 Å². The van der Waals surface area contributed by atoms with E-state index in [0.717, 1.165) is 12.8 Å². The van der Waals surface area contributed by atoms with Gasteiger partial charge >= 0.3 is 0 Å². The van der Waals surface area contributed by atoms with Gasteiger partial charge in [-0.25, -0.2) is 0 Å². The highest BCUT2D eigenvalue weighted by atomic mass is 16.1. The fourth-order valence-electron chi connectivity index (χ4n) is 1.67. The summed E-state index contributed by atoms with van der Waals surface area (Å²) in [5.41, 5.74) is 8.08. The second kappa shape index (κ2) is 4.66. The third-order valence-electron chi connectivity index (χ3n) is 2.95. The predicted molar refractivity (Wildman–Crippen MR) is 64.0 cm³/mol. The summed E-state index contributed by atoms with van der Waals surface area (Å²) >= 11 is 0. The van der Waals surface area contributed by atoms with Crippen LogP contribution in [0.25, 0.3) is 0 Å². The molecule has 1 aromatic rings. The molecule has 86 valence electrons. The van der Waals surface area contributed by atoms with Crippen LogP contribution in [0.3, 0.4) is 0 Å². The summed E-state index contributed by atoms with van der Waals surface area (Å²) in [5, 5.41) is 2.92. The minimum Gasteiger partial charge on any atom is -0.352 e. The Kier molecular flexibility index (Phi) is 3.25. The number of nitrogens with two attached hydrogens (primary N) is 1. The Labute approximate surface area is 96.0 Å². The molecule has 0 bridgehead atoms. The first kappa shape index (κ1) is 11.1. The zero-order valence-corrected chi connectivity index (χ0v) is 9.57. The van der Waals surface area contributed by atoms with Gasteiger partial charge < -0.3 is 11.1 Å². The summed E-state index contributed by atoms with van der Waals surface area (Å²) < 4.78 is 0. The topological polar surface area (TPSA) is 55.1 Å². The Hall–Kier alpha value is -1.35. The Bertz CT molecular complexity index is 372. The average Bonchev–Trinajstić information content (AvgIpc) is 2.93. The van der Waals surface area contributed by atoms with Gasteiger partial charge in [-0.3, -0.25) is 4.79 Å². The van der Waals surface area contributed by atoms with E-state index < -0.39 is 0 Å². The highest BCUT2D eigenvalue weighted by Gasteiger charge is 2.34. The number of carbonyl (C=O) groups excluding carboxylic acids is 1. The van der Waals surface area contributed by atoms with E-state index in [0.29, 0.717) is 6.42 Å². The molecule has 0 spiro atoms. The zero-order valence-electron chi connectivity index (χ0n) is 9.57. The first-order valence-corrected chi connectivity index (χ1v) is 5.75. The van der Waals surface area contributed by atoms with Crippen LogP contribution >= 0.6 is 0 Å². The number of hydrogen-bond acceptors (Lipinski definition) is 2. The van der Waals surface area contributed by atoms with Gasteiger partial charge in [0.15, 0.2) is 0 Å². The van der Waals surface area contributed by atoms with Crippen molar-refractivity contribution in [3.8, 4) is 0 Å². The van der Waals surface area contributed by atoms with Gasteiger partial charge in [0, 0.05) is 18.5 Å². The van der Waals surface area contributed by atoms with E-state index in [1.54, 1.807) is 0 Å². The third kappa shape index (κ3) is 3.07. The maximum absolute atomic E-state index is 11.5. The fourth-order valence-corrected chi connectivity index (χ4v) is 1.67. The highest BCUT2D eigenvalue weighted by Crippen LogP contribution is 2.17. The largest absolute Gasteiger partial charge is 0.352 e. The molecule has 0 heterocycles. The second-order valence-electron chi connectivity index (χ2n) is 4.56. The average molecular weight is 218 g/mol. The molecule has 1 aliphatic carbocycles. The van der Waals surface area contributed by atoms with E-state index in [-0.39, 0.29) is 18.0 Å². The van der Waals surface area contributed by atoms with Gasteiger partial charge in [-0.2, -0.15) is 0 Å². The highest BCUT2D eigenvalue weighted by molar-refractivity contribution is 5.77. The molecule has 1 fully saturated rings. The molecule has 2 unspecified atom stereocenters. The molecule has 2 atom stereocenters. The van der Waals surface area contributed by atoms with Crippen LogP contribution in [0, 0.1) is 6.92 Å². The van der Waals surface area contributed by atoms with Gasteiger partial charge in [-0.05, 0) is 25.3 Å². The third-order valence-corrected chi connectivity index (χ3v) is 2.95. The van der Waals surface area contributed by atoms with E-state index >= 15 is 0 Å². The van der Waals surface area contributed by atoms with Crippen molar-refractivity contribution in [2.24, 2.45) is 5.73 Å². The van der Waals surface area contributed by atoms with E-state index in [1.807, 2.05) is 0 Å². The number of rotatable bonds is 4. The van der Waals surface area contributed by atoms with Gasteiger partial charge in [0.2, 0.25) is 5.91 Å². The van der Waals surface area contributed by atoms with Crippen molar-refractivity contribution in [2.75, 3.05) is 0 Å². The molecule has 1 aliphatic rings. The number of nitrogens with one attached hydrogen (secondary N) is 1. The molecule has 0 radical (unpaired) electrons. The van der Waals surface area contributed by atoms with Crippen LogP contribution in [0.4, 0.5) is 0 Å². The lowest BCUT2D eigenvalue weighted by Gasteiger charge is -2.04. The monoisotopic (exact) mass is 218 g/mol. The molecule has 1 aromatic carbocycles. The molecule has 3 N–H and O–H groups in total. The van der Waals surface area contributed by atoms with Gasteiger partial charge in [-0.15, -0.1) is 0 Å². The SMILES string of the molecule is Cc1ccc(CCC(=O)NC2CC2N)cc1. The molecule has 3 nitrogen and oxygen atoms in total. The summed E-state index contributed by atoms with van der Waals surface area (Å²) in [6.07, 6.45) is 2.27. The Morgan fingerprint density at radius 2 is 2.06 bits per heavy atom. The van der Waals surface area contributed by atoms with E-state index in [4.69, 9.17) is 5.73 Å². The maximum Gasteiger partial charge on any atom is 0.220 e. The normalized spacial score (nSPS) is 22.9. The van der Waals surface area contributed by atoms with Crippen molar-refractivity contribution >= 4 is 5.91 Å². The van der Waals surface area contributed by atoms with Crippen molar-refractivity contribution in [2.45, 2.75) is 38.3 Å². The second-order valence-corrected chi connectivity index (χ2v) is 4.56. The Morgan fingerprint density at radius 1 is 1.44 bits per heavy atom. The standard InChI is InChI=1S/C13H18N2O/c1-9-2-4-10(5-3-9)6-7-13(16)15-12-8-11(12)14/h2-5,11-12H,6-8,14H2,1H3,(H,15,16). The maximum atomic E-state index is 11.5. The zero-order chi connectivity index (χ0) is 11.5. The molecule has 0 aromatic heterocycles. The molecule has 1 saturated carbocycles. The van der Waals surface area contributed by atoms with Gasteiger partial charge in [0.05, 0.1) is 0 Å². The summed E-state index contributed by atoms with van der Waals surface area (Å²) in [4.78, 5) is 11.5. The quantitative estimate of drug-likeness (QED) is 0.796. The van der Waals surface area contributed by atoms with Gasteiger partial charge in [0.25, 0.3) is 0 Å². The number of amides is 1. The number of benzene rings is 1. The lowest BCUT2D eigenvalue weighted by molar-refractivity contribution is -0.121. The summed E-state index contributed by atoms with van der Waals surface area (Å²) in [5.74, 6) is 0.110. The van der Waals surface area contributed by atoms with E-state index in [1.165, 1.54) is 11.1 Å². The van der Waals surface area contributed by atoms with Crippen LogP contribution in [0.5, 0.6) is 0 Å². The molecule has 0 aliphatic heterocycles. The van der Waals surface area contributed by atoms with Crippen molar-refractivity contribution in [3.63, 3.8) is 0 Å². The van der Waals surface area contributed by atoms with Crippen LogP contribution < -0.4 is 11.1 Å². The molecule has 2 rings (SSSR count). The predicted octanol–water partition coefficient (Wildman–Crippen LogP) is 1.14. The molecule has 3 heteroatoms. The van der Waals surface area contributed by atoms with Crippen LogP contribution in [0.2, 0.25) is 0 Å². The van der Waals surface area contributed by atoms with Crippen molar-refractivity contribution < 1.29 is 4.79 Å². The lowest BCUT2D eigenvalue weighted by atomic mass is 10.1. The van der Waals surface area contributed by atoms with Crippen molar-refractivity contribution in [1.82, 2.24) is 5.32 Å². The van der Waals surface area contributed by atoms with E-state index in [2.05, 4.69) is 36.5 Å². The molecule has 0 saturated heterocycles. The number of aryl methyl sites for hydroxylation is 2. The lowest BCUT2D eigenvalue weighted by Crippen LogP contribution is -2.29.